The molecule has 3 N–H and O–H groups in total. The summed E-state index contributed by atoms with van der Waals surface area (Å²) in [6, 6.07) is 9.08. The van der Waals surface area contributed by atoms with Gasteiger partial charge < -0.3 is 20.5 Å². The molecule has 22 heavy (non-hydrogen) atoms. The van der Waals surface area contributed by atoms with Crippen LogP contribution in [0.4, 0.5) is 5.69 Å². The Morgan fingerprint density at radius 3 is 2.77 bits per heavy atom. The molecule has 6 heteroatoms. The van der Waals surface area contributed by atoms with Crippen LogP contribution in [0.2, 0.25) is 0 Å². The minimum atomic E-state index is -0.211. The van der Waals surface area contributed by atoms with Crippen LogP contribution in [-0.4, -0.2) is 30.6 Å². The molecule has 0 saturated carbocycles. The Balaban J connectivity index is 1.54. The van der Waals surface area contributed by atoms with Crippen LogP contribution in [0.5, 0.6) is 11.5 Å². The Morgan fingerprint density at radius 2 is 2.00 bits per heavy atom. The minimum Gasteiger partial charge on any atom is -0.486 e. The molecule has 0 aliphatic carbocycles. The summed E-state index contributed by atoms with van der Waals surface area (Å²) >= 11 is 0. The third-order valence-electron chi connectivity index (χ3n) is 3.32. The highest BCUT2D eigenvalue weighted by Gasteiger charge is 2.12. The lowest BCUT2D eigenvalue weighted by Crippen LogP contribution is -2.26. The molecule has 0 unspecified atom stereocenters. The van der Waals surface area contributed by atoms with E-state index in [1.807, 2.05) is 18.2 Å². The fourth-order valence-electron chi connectivity index (χ4n) is 2.19. The number of anilines is 1. The summed E-state index contributed by atoms with van der Waals surface area (Å²) in [5.74, 6) is 1.32. The maximum Gasteiger partial charge on any atom is 0.269 e. The molecule has 6 nitrogen and oxygen atoms in total. The summed E-state index contributed by atoms with van der Waals surface area (Å²) in [7, 11) is 0. The molecule has 0 atom stereocenters. The number of hydrogen-bond donors (Lipinski definition) is 2. The van der Waals surface area contributed by atoms with Crippen molar-refractivity contribution < 1.29 is 14.3 Å². The first-order valence-electron chi connectivity index (χ1n) is 7.10. The number of aromatic nitrogens is 1. The van der Waals surface area contributed by atoms with E-state index >= 15 is 0 Å². The molecule has 3 rings (SSSR count). The largest absolute Gasteiger partial charge is 0.486 e. The number of hydrogen-bond acceptors (Lipinski definition) is 5. The van der Waals surface area contributed by atoms with Gasteiger partial charge in [-0.05, 0) is 36.2 Å². The van der Waals surface area contributed by atoms with E-state index in [0.717, 1.165) is 17.1 Å². The SMILES string of the molecule is Nc1ccc(C(=O)NCCc2ccc3c(c2)OCCO3)nc1. The van der Waals surface area contributed by atoms with Gasteiger partial charge in [0, 0.05) is 6.54 Å². The Hall–Kier alpha value is -2.76. The molecular weight excluding hydrogens is 282 g/mol. The van der Waals surface area contributed by atoms with Gasteiger partial charge in [0.1, 0.15) is 18.9 Å². The first-order chi connectivity index (χ1) is 10.7. The second kappa shape index (κ2) is 6.34. The fraction of sp³-hybridized carbons (Fsp3) is 0.250. The topological polar surface area (TPSA) is 86.5 Å². The summed E-state index contributed by atoms with van der Waals surface area (Å²) in [5.41, 5.74) is 7.51. The van der Waals surface area contributed by atoms with Gasteiger partial charge in [0.15, 0.2) is 11.5 Å². The monoisotopic (exact) mass is 299 g/mol. The van der Waals surface area contributed by atoms with E-state index in [0.29, 0.717) is 37.6 Å². The number of ether oxygens (including phenoxy) is 2. The van der Waals surface area contributed by atoms with Crippen molar-refractivity contribution in [3.63, 3.8) is 0 Å². The molecule has 1 amide bonds. The Labute approximate surface area is 128 Å². The smallest absolute Gasteiger partial charge is 0.269 e. The number of nitrogen functional groups attached to an aromatic ring is 1. The molecule has 1 aliphatic heterocycles. The average molecular weight is 299 g/mol. The van der Waals surface area contributed by atoms with Crippen LogP contribution in [0.25, 0.3) is 0 Å². The molecule has 1 aromatic heterocycles. The Kier molecular flexibility index (Phi) is 4.09. The number of pyridine rings is 1. The predicted molar refractivity (Wildman–Crippen MR) is 82.1 cm³/mol. The molecule has 114 valence electrons. The van der Waals surface area contributed by atoms with Crippen LogP contribution >= 0.6 is 0 Å². The maximum absolute atomic E-state index is 11.9. The molecule has 2 aromatic rings. The summed E-state index contributed by atoms with van der Waals surface area (Å²) < 4.78 is 11.0. The van der Waals surface area contributed by atoms with Crippen LogP contribution in [-0.2, 0) is 6.42 Å². The molecule has 0 spiro atoms. The van der Waals surface area contributed by atoms with Crippen molar-refractivity contribution in [2.24, 2.45) is 0 Å². The first kappa shape index (κ1) is 14.2. The lowest BCUT2D eigenvalue weighted by Gasteiger charge is -2.18. The number of nitrogens with two attached hydrogens (primary N) is 1. The lowest BCUT2D eigenvalue weighted by molar-refractivity contribution is 0.0949. The second-order valence-electron chi connectivity index (χ2n) is 4.96. The highest BCUT2D eigenvalue weighted by molar-refractivity contribution is 5.92. The zero-order valence-electron chi connectivity index (χ0n) is 12.0. The van der Waals surface area contributed by atoms with Crippen molar-refractivity contribution in [2.75, 3.05) is 25.5 Å². The number of nitrogens with zero attached hydrogens (tertiary/aromatic N) is 1. The van der Waals surface area contributed by atoms with E-state index in [1.165, 1.54) is 6.20 Å². The van der Waals surface area contributed by atoms with Crippen molar-refractivity contribution in [1.29, 1.82) is 0 Å². The van der Waals surface area contributed by atoms with Crippen molar-refractivity contribution >= 4 is 11.6 Å². The van der Waals surface area contributed by atoms with Gasteiger partial charge in [-0.15, -0.1) is 0 Å². The van der Waals surface area contributed by atoms with E-state index in [9.17, 15) is 4.79 Å². The summed E-state index contributed by atoms with van der Waals surface area (Å²) in [6.45, 7) is 1.66. The Bertz CT molecular complexity index is 671. The lowest BCUT2D eigenvalue weighted by atomic mass is 10.1. The zero-order chi connectivity index (χ0) is 15.4. The highest BCUT2D eigenvalue weighted by atomic mass is 16.6. The van der Waals surface area contributed by atoms with Crippen LogP contribution in [0.3, 0.4) is 0 Å². The van der Waals surface area contributed by atoms with Gasteiger partial charge in [0.2, 0.25) is 0 Å². The molecular formula is C16H17N3O3. The summed E-state index contributed by atoms with van der Waals surface area (Å²) in [4.78, 5) is 15.9. The van der Waals surface area contributed by atoms with Crippen molar-refractivity contribution in [3.05, 3.63) is 47.8 Å². The highest BCUT2D eigenvalue weighted by Crippen LogP contribution is 2.30. The average Bonchev–Trinajstić information content (AvgIpc) is 2.55. The van der Waals surface area contributed by atoms with Gasteiger partial charge in [0.25, 0.3) is 5.91 Å². The standard InChI is InChI=1S/C16H17N3O3/c17-12-2-3-13(19-10-12)16(20)18-6-5-11-1-4-14-15(9-11)22-8-7-21-14/h1-4,9-10H,5-8,17H2,(H,18,20). The van der Waals surface area contributed by atoms with Gasteiger partial charge in [-0.2, -0.15) is 0 Å². The van der Waals surface area contributed by atoms with E-state index in [2.05, 4.69) is 10.3 Å². The summed E-state index contributed by atoms with van der Waals surface area (Å²) in [5, 5.41) is 2.83. The van der Waals surface area contributed by atoms with Gasteiger partial charge in [-0.25, -0.2) is 4.98 Å². The van der Waals surface area contributed by atoms with Crippen LogP contribution in [0.1, 0.15) is 16.1 Å². The van der Waals surface area contributed by atoms with Crippen molar-refractivity contribution in [1.82, 2.24) is 10.3 Å². The van der Waals surface area contributed by atoms with E-state index in [1.54, 1.807) is 12.1 Å². The van der Waals surface area contributed by atoms with E-state index in [4.69, 9.17) is 15.2 Å². The molecule has 0 saturated heterocycles. The van der Waals surface area contributed by atoms with Crippen LogP contribution < -0.4 is 20.5 Å². The second-order valence-corrected chi connectivity index (χ2v) is 4.96. The number of amides is 1. The fourth-order valence-corrected chi connectivity index (χ4v) is 2.19. The molecule has 1 aromatic carbocycles. The minimum absolute atomic E-state index is 0.211. The number of rotatable bonds is 4. The maximum atomic E-state index is 11.9. The third kappa shape index (κ3) is 3.28. The normalized spacial score (nSPS) is 12.7. The quantitative estimate of drug-likeness (QED) is 0.891. The number of carbonyl (C=O) groups excluding carboxylic acids is 1. The molecule has 0 bridgehead atoms. The van der Waals surface area contributed by atoms with Gasteiger partial charge >= 0.3 is 0 Å². The zero-order valence-corrected chi connectivity index (χ0v) is 12.0. The molecule has 2 heterocycles. The van der Waals surface area contributed by atoms with Gasteiger partial charge in [-0.1, -0.05) is 6.07 Å². The van der Waals surface area contributed by atoms with Gasteiger partial charge in [-0.3, -0.25) is 4.79 Å². The third-order valence-corrected chi connectivity index (χ3v) is 3.32. The number of carbonyl (C=O) groups is 1. The Morgan fingerprint density at radius 1 is 1.18 bits per heavy atom. The van der Waals surface area contributed by atoms with Gasteiger partial charge in [0.05, 0.1) is 11.9 Å². The molecule has 0 radical (unpaired) electrons. The van der Waals surface area contributed by atoms with Crippen LogP contribution in [0.15, 0.2) is 36.5 Å². The first-order valence-corrected chi connectivity index (χ1v) is 7.10. The number of fused-ring (bicyclic) bond motifs is 1. The van der Waals surface area contributed by atoms with Crippen molar-refractivity contribution in [3.8, 4) is 11.5 Å². The molecule has 0 fully saturated rings. The number of benzene rings is 1. The molecule has 1 aliphatic rings. The van der Waals surface area contributed by atoms with Crippen LogP contribution in [0, 0.1) is 0 Å². The summed E-state index contributed by atoms with van der Waals surface area (Å²) in [6.07, 6.45) is 2.17. The number of nitrogens with one attached hydrogen (secondary N) is 1. The van der Waals surface area contributed by atoms with E-state index < -0.39 is 0 Å². The van der Waals surface area contributed by atoms with Crippen molar-refractivity contribution in [2.45, 2.75) is 6.42 Å². The predicted octanol–water partition coefficient (Wildman–Crippen LogP) is 1.41. The van der Waals surface area contributed by atoms with E-state index in [-0.39, 0.29) is 5.91 Å².